The molecule has 0 unspecified atom stereocenters. The number of carbonyl (C=O) groups is 2. The Morgan fingerprint density at radius 1 is 1.16 bits per heavy atom. The van der Waals surface area contributed by atoms with Crippen LogP contribution in [0.5, 0.6) is 0 Å². The normalized spacial score (nSPS) is 21.8. The topological polar surface area (TPSA) is 84.7 Å². The highest BCUT2D eigenvalue weighted by molar-refractivity contribution is 6.23. The molecule has 2 fully saturated rings. The SMILES string of the molecule is Nc1ccc(N2C(=O)NC3(CCOCC3)C2=O)cc1. The van der Waals surface area contributed by atoms with Crippen LogP contribution < -0.4 is 16.0 Å². The van der Waals surface area contributed by atoms with Crippen LogP contribution in [0.2, 0.25) is 0 Å². The third-order valence-corrected chi connectivity index (χ3v) is 3.66. The van der Waals surface area contributed by atoms with Gasteiger partial charge in [0.2, 0.25) is 0 Å². The first-order valence-corrected chi connectivity index (χ1v) is 6.22. The van der Waals surface area contributed by atoms with Gasteiger partial charge in [-0.3, -0.25) is 4.79 Å². The minimum absolute atomic E-state index is 0.203. The number of nitrogens with two attached hydrogens (primary N) is 1. The molecule has 1 spiro atoms. The minimum Gasteiger partial charge on any atom is -0.399 e. The molecule has 6 nitrogen and oxygen atoms in total. The lowest BCUT2D eigenvalue weighted by atomic mass is 9.90. The quantitative estimate of drug-likeness (QED) is 0.580. The molecule has 0 atom stereocenters. The van der Waals surface area contributed by atoms with Crippen LogP contribution in [-0.2, 0) is 9.53 Å². The summed E-state index contributed by atoms with van der Waals surface area (Å²) in [4.78, 5) is 25.8. The zero-order valence-corrected chi connectivity index (χ0v) is 10.4. The van der Waals surface area contributed by atoms with Crippen molar-refractivity contribution in [2.75, 3.05) is 23.8 Å². The number of urea groups is 1. The van der Waals surface area contributed by atoms with E-state index in [1.807, 2.05) is 0 Å². The third-order valence-electron chi connectivity index (χ3n) is 3.66. The summed E-state index contributed by atoms with van der Waals surface area (Å²) in [6.45, 7) is 0.975. The highest BCUT2D eigenvalue weighted by Gasteiger charge is 2.52. The Hall–Kier alpha value is -2.08. The molecule has 3 amide bonds. The monoisotopic (exact) mass is 261 g/mol. The molecule has 0 bridgehead atoms. The maximum Gasteiger partial charge on any atom is 0.329 e. The summed E-state index contributed by atoms with van der Waals surface area (Å²) in [6.07, 6.45) is 1.03. The van der Waals surface area contributed by atoms with Gasteiger partial charge in [-0.25, -0.2) is 9.69 Å². The minimum atomic E-state index is -0.795. The Morgan fingerprint density at radius 3 is 2.42 bits per heavy atom. The summed E-state index contributed by atoms with van der Waals surface area (Å²) in [5.41, 5.74) is 5.95. The molecule has 2 aliphatic rings. The van der Waals surface area contributed by atoms with Crippen molar-refractivity contribution in [1.82, 2.24) is 5.32 Å². The highest BCUT2D eigenvalue weighted by Crippen LogP contribution is 2.31. The van der Waals surface area contributed by atoms with Crippen LogP contribution in [0.4, 0.5) is 16.2 Å². The van der Waals surface area contributed by atoms with E-state index >= 15 is 0 Å². The van der Waals surface area contributed by atoms with Crippen LogP contribution in [0.15, 0.2) is 24.3 Å². The largest absolute Gasteiger partial charge is 0.399 e. The van der Waals surface area contributed by atoms with Crippen molar-refractivity contribution in [3.8, 4) is 0 Å². The molecule has 6 heteroatoms. The summed E-state index contributed by atoms with van der Waals surface area (Å²) in [5, 5.41) is 2.81. The number of amides is 3. The molecule has 3 rings (SSSR count). The number of carbonyl (C=O) groups excluding carboxylic acids is 2. The third kappa shape index (κ3) is 1.84. The number of hydrogen-bond acceptors (Lipinski definition) is 4. The van der Waals surface area contributed by atoms with Gasteiger partial charge in [0.1, 0.15) is 5.54 Å². The number of rotatable bonds is 1. The first kappa shape index (κ1) is 12.0. The molecule has 0 radical (unpaired) electrons. The maximum atomic E-state index is 12.5. The van der Waals surface area contributed by atoms with Crippen LogP contribution in [0.25, 0.3) is 0 Å². The van der Waals surface area contributed by atoms with E-state index in [0.717, 1.165) is 0 Å². The van der Waals surface area contributed by atoms with Crippen molar-refractivity contribution in [3.05, 3.63) is 24.3 Å². The molecule has 2 aliphatic heterocycles. The zero-order chi connectivity index (χ0) is 13.5. The summed E-state index contributed by atoms with van der Waals surface area (Å²) in [7, 11) is 0. The van der Waals surface area contributed by atoms with Crippen LogP contribution in [0.3, 0.4) is 0 Å². The van der Waals surface area contributed by atoms with Crippen molar-refractivity contribution in [2.45, 2.75) is 18.4 Å². The number of nitrogens with zero attached hydrogens (tertiary/aromatic N) is 1. The molecule has 0 aliphatic carbocycles. The zero-order valence-electron chi connectivity index (χ0n) is 10.4. The van der Waals surface area contributed by atoms with Crippen molar-refractivity contribution in [3.63, 3.8) is 0 Å². The van der Waals surface area contributed by atoms with Crippen LogP contribution in [-0.4, -0.2) is 30.7 Å². The van der Waals surface area contributed by atoms with Crippen LogP contribution in [0.1, 0.15) is 12.8 Å². The van der Waals surface area contributed by atoms with Gasteiger partial charge in [-0.15, -0.1) is 0 Å². The van der Waals surface area contributed by atoms with E-state index in [1.54, 1.807) is 24.3 Å². The first-order chi connectivity index (χ1) is 9.12. The van der Waals surface area contributed by atoms with Crippen molar-refractivity contribution in [1.29, 1.82) is 0 Å². The Kier molecular flexibility index (Phi) is 2.67. The van der Waals surface area contributed by atoms with Gasteiger partial charge in [0.05, 0.1) is 5.69 Å². The lowest BCUT2D eigenvalue weighted by Gasteiger charge is -2.30. The second-order valence-corrected chi connectivity index (χ2v) is 4.86. The van der Waals surface area contributed by atoms with Crippen molar-refractivity contribution < 1.29 is 14.3 Å². The molecular formula is C13H15N3O3. The number of benzene rings is 1. The first-order valence-electron chi connectivity index (χ1n) is 6.22. The number of nitrogen functional groups attached to an aromatic ring is 1. The van der Waals surface area contributed by atoms with Gasteiger partial charge in [0.25, 0.3) is 5.91 Å². The lowest BCUT2D eigenvalue weighted by molar-refractivity contribution is -0.125. The Balaban J connectivity index is 1.92. The molecule has 2 heterocycles. The van der Waals surface area contributed by atoms with E-state index in [9.17, 15) is 9.59 Å². The molecule has 0 aromatic heterocycles. The van der Waals surface area contributed by atoms with E-state index in [4.69, 9.17) is 10.5 Å². The molecule has 1 aromatic rings. The van der Waals surface area contributed by atoms with E-state index in [-0.39, 0.29) is 11.9 Å². The Labute approximate surface area is 110 Å². The Bertz CT molecular complexity index is 520. The molecule has 3 N–H and O–H groups in total. The smallest absolute Gasteiger partial charge is 0.329 e. The molecule has 19 heavy (non-hydrogen) atoms. The van der Waals surface area contributed by atoms with Gasteiger partial charge in [-0.05, 0) is 24.3 Å². The fourth-order valence-corrected chi connectivity index (χ4v) is 2.54. The average Bonchev–Trinajstić information content (AvgIpc) is 2.64. The molecule has 0 saturated carbocycles. The van der Waals surface area contributed by atoms with Crippen LogP contribution in [0, 0.1) is 0 Å². The van der Waals surface area contributed by atoms with Gasteiger partial charge < -0.3 is 15.8 Å². The fraction of sp³-hybridized carbons (Fsp3) is 0.385. The summed E-state index contributed by atoms with van der Waals surface area (Å²) >= 11 is 0. The van der Waals surface area contributed by atoms with Gasteiger partial charge in [0, 0.05) is 31.7 Å². The van der Waals surface area contributed by atoms with Crippen LogP contribution >= 0.6 is 0 Å². The molecular weight excluding hydrogens is 246 g/mol. The molecule has 100 valence electrons. The number of anilines is 2. The lowest BCUT2D eigenvalue weighted by Crippen LogP contribution is -2.51. The number of nitrogens with one attached hydrogen (secondary N) is 1. The number of imide groups is 1. The summed E-state index contributed by atoms with van der Waals surface area (Å²) in [5.74, 6) is -0.203. The van der Waals surface area contributed by atoms with E-state index in [2.05, 4.69) is 5.32 Å². The molecule has 1 aromatic carbocycles. The average molecular weight is 261 g/mol. The van der Waals surface area contributed by atoms with E-state index in [0.29, 0.717) is 37.4 Å². The summed E-state index contributed by atoms with van der Waals surface area (Å²) in [6, 6.07) is 6.31. The predicted octanol–water partition coefficient (Wildman–Crippen LogP) is 0.874. The van der Waals surface area contributed by atoms with E-state index < -0.39 is 5.54 Å². The number of ether oxygens (including phenoxy) is 1. The van der Waals surface area contributed by atoms with Crippen molar-refractivity contribution >= 4 is 23.3 Å². The van der Waals surface area contributed by atoms with Gasteiger partial charge in [0.15, 0.2) is 0 Å². The second kappa shape index (κ2) is 4.24. The second-order valence-electron chi connectivity index (χ2n) is 4.86. The number of hydrogen-bond donors (Lipinski definition) is 2. The molecule has 2 saturated heterocycles. The summed E-state index contributed by atoms with van der Waals surface area (Å²) < 4.78 is 5.26. The van der Waals surface area contributed by atoms with Gasteiger partial charge in [-0.1, -0.05) is 0 Å². The fourth-order valence-electron chi connectivity index (χ4n) is 2.54. The Morgan fingerprint density at radius 2 is 1.79 bits per heavy atom. The predicted molar refractivity (Wildman–Crippen MR) is 69.7 cm³/mol. The van der Waals surface area contributed by atoms with Gasteiger partial charge >= 0.3 is 6.03 Å². The standard InChI is InChI=1S/C13H15N3O3/c14-9-1-3-10(4-2-9)16-11(17)13(15-12(16)18)5-7-19-8-6-13/h1-4H,5-8,14H2,(H,15,18). The maximum absolute atomic E-state index is 12.5. The van der Waals surface area contributed by atoms with Crippen molar-refractivity contribution in [2.24, 2.45) is 0 Å². The van der Waals surface area contributed by atoms with Gasteiger partial charge in [-0.2, -0.15) is 0 Å². The van der Waals surface area contributed by atoms with E-state index in [1.165, 1.54) is 4.90 Å². The highest BCUT2D eigenvalue weighted by atomic mass is 16.5.